The average Bonchev–Trinajstić information content (AvgIpc) is 2.87. The van der Waals surface area contributed by atoms with E-state index >= 15 is 0 Å². The summed E-state index contributed by atoms with van der Waals surface area (Å²) in [5.74, 6) is -0.649. The zero-order chi connectivity index (χ0) is 27.7. The number of amides is 2. The predicted octanol–water partition coefficient (Wildman–Crippen LogP) is 4.39. The Balaban J connectivity index is 1.39. The number of alkyl halides is 3. The summed E-state index contributed by atoms with van der Waals surface area (Å²) in [5, 5.41) is -0.482. The van der Waals surface area contributed by atoms with Crippen LogP contribution in [0.4, 0.5) is 19.0 Å². The second kappa shape index (κ2) is 10.6. The number of sulfonamides is 1. The highest BCUT2D eigenvalue weighted by atomic mass is 35.5. The Morgan fingerprint density at radius 1 is 0.895 bits per heavy atom. The van der Waals surface area contributed by atoms with Gasteiger partial charge in [-0.15, -0.1) is 0 Å². The van der Waals surface area contributed by atoms with Gasteiger partial charge in [-0.05, 0) is 42.5 Å². The number of benzene rings is 2. The van der Waals surface area contributed by atoms with E-state index in [1.54, 1.807) is 41.3 Å². The topological polar surface area (TPSA) is 99.7 Å². The minimum atomic E-state index is -4.68. The lowest BCUT2D eigenvalue weighted by molar-refractivity contribution is -0.137. The van der Waals surface area contributed by atoms with Crippen molar-refractivity contribution < 1.29 is 31.2 Å². The van der Waals surface area contributed by atoms with Gasteiger partial charge in [-0.3, -0.25) is 14.3 Å². The fraction of sp³-hybridized carbons (Fsp3) is 0.240. The molecule has 2 aromatic carbocycles. The molecule has 1 saturated heterocycles. The number of nitrogens with zero attached hydrogens (tertiary/aromatic N) is 3. The fourth-order valence-electron chi connectivity index (χ4n) is 3.98. The quantitative estimate of drug-likeness (QED) is 0.494. The number of carbonyl (C=O) groups excluding carboxylic acids is 2. The number of rotatable bonds is 5. The molecule has 4 rings (SSSR count). The monoisotopic (exact) mass is 566 g/mol. The highest BCUT2D eigenvalue weighted by Crippen LogP contribution is 2.35. The van der Waals surface area contributed by atoms with Crippen LogP contribution in [0.5, 0.6) is 0 Å². The molecule has 200 valence electrons. The van der Waals surface area contributed by atoms with Crippen LogP contribution < -0.4 is 4.72 Å². The zero-order valence-electron chi connectivity index (χ0n) is 20.0. The minimum Gasteiger partial charge on any atom is -0.335 e. The number of hydrogen-bond acceptors (Lipinski definition) is 5. The van der Waals surface area contributed by atoms with E-state index in [1.807, 2.05) is 0 Å². The van der Waals surface area contributed by atoms with Crippen LogP contribution in [0.1, 0.15) is 26.3 Å². The third-order valence-corrected chi connectivity index (χ3v) is 6.75. The molecule has 0 radical (unpaired) electrons. The minimum absolute atomic E-state index is 0.124. The highest BCUT2D eigenvalue weighted by molar-refractivity contribution is 7.92. The number of pyridine rings is 1. The molecule has 0 atom stereocenters. The lowest BCUT2D eigenvalue weighted by atomic mass is 10.1. The molecule has 1 fully saturated rings. The van der Waals surface area contributed by atoms with E-state index in [0.29, 0.717) is 16.8 Å². The molecule has 38 heavy (non-hydrogen) atoms. The molecule has 1 aliphatic rings. The van der Waals surface area contributed by atoms with E-state index < -0.39 is 32.7 Å². The second-order valence-corrected chi connectivity index (χ2v) is 10.8. The third kappa shape index (κ3) is 6.43. The van der Waals surface area contributed by atoms with Gasteiger partial charge in [-0.1, -0.05) is 29.8 Å². The average molecular weight is 567 g/mol. The molecule has 0 unspecified atom stereocenters. The standard InChI is InChI=1S/C25H22ClF3N4O4S/c1-38(36,37)31-22-4-2-3-21(30-22)16-5-7-17(8-6-16)23(34)32-11-13-33(14-12-32)24(35)18-9-10-20(26)19(15-18)25(27,28)29/h2-10,15H,11-14H2,1H3,(H,30,31). The zero-order valence-corrected chi connectivity index (χ0v) is 21.6. The molecular weight excluding hydrogens is 545 g/mol. The van der Waals surface area contributed by atoms with E-state index in [2.05, 4.69) is 9.71 Å². The van der Waals surface area contributed by atoms with Crippen LogP contribution in [-0.2, 0) is 16.2 Å². The van der Waals surface area contributed by atoms with Crippen LogP contribution in [0.15, 0.2) is 60.7 Å². The molecule has 0 bridgehead atoms. The van der Waals surface area contributed by atoms with E-state index in [4.69, 9.17) is 11.6 Å². The van der Waals surface area contributed by atoms with Gasteiger partial charge in [0.25, 0.3) is 11.8 Å². The molecule has 0 aliphatic carbocycles. The van der Waals surface area contributed by atoms with Crippen LogP contribution in [0.25, 0.3) is 11.3 Å². The number of nitrogens with one attached hydrogen (secondary N) is 1. The Bertz CT molecular complexity index is 1470. The van der Waals surface area contributed by atoms with Gasteiger partial charge in [0.2, 0.25) is 10.0 Å². The Labute approximate surface area is 222 Å². The fourth-order valence-corrected chi connectivity index (χ4v) is 4.70. The van der Waals surface area contributed by atoms with Gasteiger partial charge >= 0.3 is 6.18 Å². The van der Waals surface area contributed by atoms with Crippen LogP contribution in [0.3, 0.4) is 0 Å². The van der Waals surface area contributed by atoms with Crippen molar-refractivity contribution in [3.63, 3.8) is 0 Å². The van der Waals surface area contributed by atoms with Crippen LogP contribution in [-0.4, -0.2) is 67.5 Å². The lowest BCUT2D eigenvalue weighted by Gasteiger charge is -2.35. The normalized spacial score (nSPS) is 14.3. The van der Waals surface area contributed by atoms with Gasteiger partial charge in [0.05, 0.1) is 22.5 Å². The highest BCUT2D eigenvalue weighted by Gasteiger charge is 2.34. The molecule has 8 nitrogen and oxygen atoms in total. The van der Waals surface area contributed by atoms with E-state index in [0.717, 1.165) is 18.4 Å². The van der Waals surface area contributed by atoms with Crippen molar-refractivity contribution in [2.45, 2.75) is 6.18 Å². The smallest absolute Gasteiger partial charge is 0.335 e. The van der Waals surface area contributed by atoms with Crippen LogP contribution in [0, 0.1) is 0 Å². The van der Waals surface area contributed by atoms with Crippen LogP contribution in [0.2, 0.25) is 5.02 Å². The summed E-state index contributed by atoms with van der Waals surface area (Å²) in [6.45, 7) is 0.757. The van der Waals surface area contributed by atoms with Gasteiger partial charge in [0.1, 0.15) is 5.82 Å². The largest absolute Gasteiger partial charge is 0.417 e. The maximum absolute atomic E-state index is 13.2. The van der Waals surface area contributed by atoms with Gasteiger partial charge in [0, 0.05) is 42.9 Å². The maximum Gasteiger partial charge on any atom is 0.417 e. The van der Waals surface area contributed by atoms with E-state index in [-0.39, 0.29) is 43.5 Å². The van der Waals surface area contributed by atoms with Gasteiger partial charge in [-0.25, -0.2) is 13.4 Å². The number of hydrogen-bond donors (Lipinski definition) is 1. The van der Waals surface area contributed by atoms with E-state index in [1.165, 1.54) is 17.0 Å². The molecule has 3 aromatic rings. The number of aromatic nitrogens is 1. The van der Waals surface area contributed by atoms with Crippen molar-refractivity contribution in [1.82, 2.24) is 14.8 Å². The van der Waals surface area contributed by atoms with Crippen molar-refractivity contribution in [2.24, 2.45) is 0 Å². The van der Waals surface area contributed by atoms with Gasteiger partial charge in [0.15, 0.2) is 0 Å². The molecule has 2 heterocycles. The maximum atomic E-state index is 13.2. The second-order valence-electron chi connectivity index (χ2n) is 8.64. The molecule has 0 spiro atoms. The van der Waals surface area contributed by atoms with Crippen molar-refractivity contribution in [3.8, 4) is 11.3 Å². The molecule has 1 aromatic heterocycles. The summed E-state index contributed by atoms with van der Waals surface area (Å²) in [6, 6.07) is 14.6. The third-order valence-electron chi connectivity index (χ3n) is 5.84. The SMILES string of the molecule is CS(=O)(=O)Nc1cccc(-c2ccc(C(=O)N3CCN(C(=O)c4ccc(Cl)c(C(F)(F)F)c4)CC3)cc2)n1. The first-order chi connectivity index (χ1) is 17.8. The van der Waals surface area contributed by atoms with E-state index in [9.17, 15) is 31.2 Å². The number of carbonyl (C=O) groups is 2. The molecule has 2 amide bonds. The van der Waals surface area contributed by atoms with Crippen molar-refractivity contribution in [1.29, 1.82) is 0 Å². The summed E-state index contributed by atoms with van der Waals surface area (Å²) in [7, 11) is -3.48. The first kappa shape index (κ1) is 27.4. The summed E-state index contributed by atoms with van der Waals surface area (Å²) in [4.78, 5) is 33.0. The van der Waals surface area contributed by atoms with Crippen molar-refractivity contribution >= 4 is 39.3 Å². The first-order valence-electron chi connectivity index (χ1n) is 11.3. The summed E-state index contributed by atoms with van der Waals surface area (Å²) in [5.41, 5.74) is 0.403. The number of anilines is 1. The number of piperazine rings is 1. The van der Waals surface area contributed by atoms with Crippen molar-refractivity contribution in [2.75, 3.05) is 37.2 Å². The summed E-state index contributed by atoms with van der Waals surface area (Å²) in [6.07, 6.45) is -3.65. The lowest BCUT2D eigenvalue weighted by Crippen LogP contribution is -2.50. The molecular formula is C25H22ClF3N4O4S. The molecule has 1 aliphatic heterocycles. The molecule has 0 saturated carbocycles. The summed E-state index contributed by atoms with van der Waals surface area (Å²) < 4.78 is 64.7. The predicted molar refractivity (Wildman–Crippen MR) is 136 cm³/mol. The Hall–Kier alpha value is -3.64. The molecule has 1 N–H and O–H groups in total. The van der Waals surface area contributed by atoms with Gasteiger partial charge in [-0.2, -0.15) is 13.2 Å². The number of halogens is 4. The Morgan fingerprint density at radius 3 is 2.00 bits per heavy atom. The summed E-state index contributed by atoms with van der Waals surface area (Å²) >= 11 is 5.64. The van der Waals surface area contributed by atoms with Crippen LogP contribution >= 0.6 is 11.6 Å². The van der Waals surface area contributed by atoms with Gasteiger partial charge < -0.3 is 9.80 Å². The Kier molecular flexibility index (Phi) is 7.65. The first-order valence-corrected chi connectivity index (χ1v) is 13.6. The Morgan fingerprint density at radius 2 is 1.45 bits per heavy atom. The van der Waals surface area contributed by atoms with Crippen molar-refractivity contribution in [3.05, 3.63) is 82.4 Å². The molecule has 13 heteroatoms.